The molecular weight excluding hydrogens is 336 g/mol. The summed E-state index contributed by atoms with van der Waals surface area (Å²) in [5, 5.41) is 0. The number of piperidine rings is 1. The van der Waals surface area contributed by atoms with Crippen LogP contribution in [-0.2, 0) is 27.7 Å². The van der Waals surface area contributed by atoms with E-state index in [-0.39, 0.29) is 11.9 Å². The fourth-order valence-corrected chi connectivity index (χ4v) is 6.47. The molecule has 0 radical (unpaired) electrons. The number of hydrogen-bond donors (Lipinski definition) is 0. The molecule has 1 saturated heterocycles. The lowest BCUT2D eigenvalue weighted by molar-refractivity contribution is -0.119. The van der Waals surface area contributed by atoms with E-state index in [4.69, 9.17) is 0 Å². The van der Waals surface area contributed by atoms with E-state index >= 15 is 0 Å². The van der Waals surface area contributed by atoms with Gasteiger partial charge in [0, 0.05) is 25.6 Å². The minimum Gasteiger partial charge on any atom is -0.312 e. The number of hydrogen-bond acceptors (Lipinski definition) is 3. The maximum Gasteiger partial charge on any atom is 0.243 e. The molecule has 1 amide bonds. The van der Waals surface area contributed by atoms with E-state index < -0.39 is 10.0 Å². The van der Waals surface area contributed by atoms with Gasteiger partial charge in [0.05, 0.1) is 10.6 Å². The molecule has 4 rings (SSSR count). The molecule has 0 aliphatic carbocycles. The Balaban J connectivity index is 1.77. The molecule has 0 bridgehead atoms. The maximum absolute atomic E-state index is 13.3. The molecule has 25 heavy (non-hydrogen) atoms. The van der Waals surface area contributed by atoms with Crippen LogP contribution in [-0.4, -0.2) is 37.8 Å². The normalized spacial score (nSPS) is 24.3. The highest BCUT2D eigenvalue weighted by Gasteiger charge is 2.35. The molecule has 5 nitrogen and oxygen atoms in total. The van der Waals surface area contributed by atoms with E-state index in [1.165, 1.54) is 0 Å². The van der Waals surface area contributed by atoms with Crippen molar-refractivity contribution in [2.24, 2.45) is 0 Å². The van der Waals surface area contributed by atoms with Crippen LogP contribution in [0.5, 0.6) is 0 Å². The molecule has 1 atom stereocenters. The lowest BCUT2D eigenvalue weighted by Gasteiger charge is -2.37. The van der Waals surface area contributed by atoms with Gasteiger partial charge in [-0.3, -0.25) is 4.79 Å². The van der Waals surface area contributed by atoms with Gasteiger partial charge in [-0.15, -0.1) is 0 Å². The summed E-state index contributed by atoms with van der Waals surface area (Å²) in [5.74, 6) is 0.172. The molecule has 1 aromatic rings. The Hall–Kier alpha value is -1.40. The van der Waals surface area contributed by atoms with Gasteiger partial charge in [-0.1, -0.05) is 13.3 Å². The van der Waals surface area contributed by atoms with Crippen molar-refractivity contribution in [3.05, 3.63) is 23.3 Å². The summed E-state index contributed by atoms with van der Waals surface area (Å²) < 4.78 is 28.4. The average Bonchev–Trinajstić information content (AvgIpc) is 2.64. The molecule has 0 saturated carbocycles. The molecule has 6 heteroatoms. The smallest absolute Gasteiger partial charge is 0.243 e. The zero-order chi connectivity index (χ0) is 17.6. The van der Waals surface area contributed by atoms with E-state index in [0.29, 0.717) is 24.3 Å². The van der Waals surface area contributed by atoms with Gasteiger partial charge in [0.1, 0.15) is 0 Å². The highest BCUT2D eigenvalue weighted by atomic mass is 32.2. The molecule has 3 heterocycles. The standard InChI is InChI=1S/C19H26N2O3S/c1-2-16-7-3-4-11-21(16)25(23,24)17-12-14-6-5-10-20-18(22)9-8-15(13-17)19(14)20/h12-13,16H,2-11H2,1H3/t16-/m1/s1. The van der Waals surface area contributed by atoms with Gasteiger partial charge >= 0.3 is 0 Å². The topological polar surface area (TPSA) is 57.7 Å². The van der Waals surface area contributed by atoms with Gasteiger partial charge in [-0.2, -0.15) is 4.31 Å². The van der Waals surface area contributed by atoms with E-state index in [1.54, 1.807) is 4.31 Å². The summed E-state index contributed by atoms with van der Waals surface area (Å²) in [5.41, 5.74) is 3.05. The van der Waals surface area contributed by atoms with Crippen molar-refractivity contribution < 1.29 is 13.2 Å². The van der Waals surface area contributed by atoms with Crippen LogP contribution in [0.15, 0.2) is 17.0 Å². The first-order chi connectivity index (χ1) is 12.0. The molecule has 0 aromatic heterocycles. The monoisotopic (exact) mass is 362 g/mol. The number of rotatable bonds is 3. The second-order valence-corrected chi connectivity index (χ2v) is 9.30. The van der Waals surface area contributed by atoms with Gasteiger partial charge in [0.25, 0.3) is 0 Å². The Kier molecular flexibility index (Phi) is 4.36. The van der Waals surface area contributed by atoms with Crippen molar-refractivity contribution in [1.82, 2.24) is 4.31 Å². The number of carbonyl (C=O) groups excluding carboxylic acids is 1. The van der Waals surface area contributed by atoms with E-state index in [9.17, 15) is 13.2 Å². The molecule has 0 N–H and O–H groups in total. The number of amides is 1. The zero-order valence-corrected chi connectivity index (χ0v) is 15.6. The number of sulfonamides is 1. The molecule has 0 unspecified atom stereocenters. The first-order valence-corrected chi connectivity index (χ1v) is 10.9. The van der Waals surface area contributed by atoms with Crippen molar-refractivity contribution in [1.29, 1.82) is 0 Å². The van der Waals surface area contributed by atoms with Crippen molar-refractivity contribution >= 4 is 21.6 Å². The van der Waals surface area contributed by atoms with Crippen molar-refractivity contribution in [2.45, 2.75) is 69.2 Å². The fraction of sp³-hybridized carbons (Fsp3) is 0.632. The first kappa shape index (κ1) is 17.0. The molecule has 1 fully saturated rings. The summed E-state index contributed by atoms with van der Waals surface area (Å²) in [7, 11) is -3.47. The number of benzene rings is 1. The molecular formula is C19H26N2O3S. The molecule has 136 valence electrons. The van der Waals surface area contributed by atoms with Gasteiger partial charge in [-0.05, 0) is 61.8 Å². The average molecular weight is 362 g/mol. The molecule has 3 aliphatic rings. The minimum atomic E-state index is -3.47. The quantitative estimate of drug-likeness (QED) is 0.831. The summed E-state index contributed by atoms with van der Waals surface area (Å²) in [6.45, 7) is 3.45. The summed E-state index contributed by atoms with van der Waals surface area (Å²) in [6, 6.07) is 3.78. The highest BCUT2D eigenvalue weighted by molar-refractivity contribution is 7.89. The molecule has 3 aliphatic heterocycles. The number of anilines is 1. The number of carbonyl (C=O) groups is 1. The zero-order valence-electron chi connectivity index (χ0n) is 14.8. The van der Waals surface area contributed by atoms with Crippen LogP contribution in [0.3, 0.4) is 0 Å². The lowest BCUT2D eigenvalue weighted by Crippen LogP contribution is -2.43. The van der Waals surface area contributed by atoms with Crippen LogP contribution >= 0.6 is 0 Å². The summed E-state index contributed by atoms with van der Waals surface area (Å²) in [4.78, 5) is 14.5. The second-order valence-electron chi connectivity index (χ2n) is 7.41. The van der Waals surface area contributed by atoms with Crippen LogP contribution in [0.2, 0.25) is 0 Å². The fourth-order valence-electron chi connectivity index (χ4n) is 4.60. The Labute approximate surface area is 150 Å². The van der Waals surface area contributed by atoms with Gasteiger partial charge in [-0.25, -0.2) is 8.42 Å². The van der Waals surface area contributed by atoms with Crippen LogP contribution in [0.1, 0.15) is 56.6 Å². The number of nitrogens with zero attached hydrogens (tertiary/aromatic N) is 2. The largest absolute Gasteiger partial charge is 0.312 e. The molecule has 1 aromatic carbocycles. The molecule has 0 spiro atoms. The Morgan fingerprint density at radius 3 is 2.56 bits per heavy atom. The summed E-state index contributed by atoms with van der Waals surface area (Å²) >= 11 is 0. The first-order valence-electron chi connectivity index (χ1n) is 9.50. The Bertz CT molecular complexity index is 786. The van der Waals surface area contributed by atoms with E-state index in [2.05, 4.69) is 6.92 Å². The van der Waals surface area contributed by atoms with Crippen molar-refractivity contribution in [3.8, 4) is 0 Å². The summed E-state index contributed by atoms with van der Waals surface area (Å²) in [6.07, 6.45) is 6.76. The maximum atomic E-state index is 13.3. The lowest BCUT2D eigenvalue weighted by atomic mass is 9.92. The third-order valence-electron chi connectivity index (χ3n) is 5.90. The van der Waals surface area contributed by atoms with Crippen molar-refractivity contribution in [3.63, 3.8) is 0 Å². The van der Waals surface area contributed by atoms with E-state index in [1.807, 2.05) is 17.0 Å². The van der Waals surface area contributed by atoms with Crippen molar-refractivity contribution in [2.75, 3.05) is 18.0 Å². The third-order valence-corrected chi connectivity index (χ3v) is 7.83. The van der Waals surface area contributed by atoms with Gasteiger partial charge in [0.15, 0.2) is 0 Å². The predicted octanol–water partition coefficient (Wildman–Crippen LogP) is 2.87. The van der Waals surface area contributed by atoms with Crippen LogP contribution in [0, 0.1) is 0 Å². The Morgan fingerprint density at radius 2 is 1.80 bits per heavy atom. The van der Waals surface area contributed by atoms with Crippen LogP contribution in [0.25, 0.3) is 0 Å². The van der Waals surface area contributed by atoms with Crippen LogP contribution < -0.4 is 4.90 Å². The van der Waals surface area contributed by atoms with Gasteiger partial charge < -0.3 is 4.90 Å². The van der Waals surface area contributed by atoms with Crippen LogP contribution in [0.4, 0.5) is 5.69 Å². The highest BCUT2D eigenvalue weighted by Crippen LogP contribution is 2.38. The van der Waals surface area contributed by atoms with Gasteiger partial charge in [0.2, 0.25) is 15.9 Å². The van der Waals surface area contributed by atoms with E-state index in [0.717, 1.165) is 61.9 Å². The third kappa shape index (κ3) is 2.79. The minimum absolute atomic E-state index is 0.115. The predicted molar refractivity (Wildman–Crippen MR) is 97.3 cm³/mol. The SMILES string of the molecule is CC[C@@H]1CCCCN1S(=O)(=O)c1cc2c3c(c1)CCC(=O)N3CCC2. The Morgan fingerprint density at radius 1 is 1.04 bits per heavy atom. The number of aryl methyl sites for hydroxylation is 2. The second kappa shape index (κ2) is 6.40.